The molecule has 1 aromatic heterocycles. The Morgan fingerprint density at radius 1 is 1.33 bits per heavy atom. The maximum absolute atomic E-state index is 12.4. The number of hydrogen-bond donors (Lipinski definition) is 2. The third kappa shape index (κ3) is 1.59. The zero-order chi connectivity index (χ0) is 12.7. The first-order valence-corrected chi connectivity index (χ1v) is 6.13. The average Bonchev–Trinajstić information content (AvgIpc) is 2.84. The predicted octanol–water partition coefficient (Wildman–Crippen LogP) is 0.533. The molecular weight excluding hydrogens is 230 g/mol. The number of H-pyrrole nitrogens is 1. The third-order valence-electron chi connectivity index (χ3n) is 3.57. The molecule has 94 valence electrons. The van der Waals surface area contributed by atoms with Gasteiger partial charge in [-0.2, -0.15) is 0 Å². The van der Waals surface area contributed by atoms with Crippen molar-refractivity contribution in [3.05, 3.63) is 44.6 Å². The summed E-state index contributed by atoms with van der Waals surface area (Å²) in [6.07, 6.45) is 0.820. The van der Waals surface area contributed by atoms with Crippen LogP contribution in [-0.4, -0.2) is 22.6 Å². The molecule has 5 heteroatoms. The fraction of sp³-hybridized carbons (Fsp3) is 0.385. The minimum atomic E-state index is -0.310. The lowest BCUT2D eigenvalue weighted by Gasteiger charge is -2.12. The quantitative estimate of drug-likeness (QED) is 0.770. The Labute approximate surface area is 103 Å². The topological polar surface area (TPSA) is 66.9 Å². The van der Waals surface area contributed by atoms with E-state index in [0.717, 1.165) is 18.5 Å². The number of hydrogen-bond acceptors (Lipinski definition) is 3. The van der Waals surface area contributed by atoms with E-state index in [2.05, 4.69) is 10.3 Å². The normalized spacial score (nSPS) is 19.5. The van der Waals surface area contributed by atoms with Crippen molar-refractivity contribution in [2.45, 2.75) is 19.4 Å². The average molecular weight is 245 g/mol. The second kappa shape index (κ2) is 4.10. The lowest BCUT2D eigenvalue weighted by molar-refractivity contribution is 0.508. The summed E-state index contributed by atoms with van der Waals surface area (Å²) in [5.74, 6) is 0. The molecule has 1 aliphatic heterocycles. The van der Waals surface area contributed by atoms with Gasteiger partial charge in [-0.1, -0.05) is 12.1 Å². The van der Waals surface area contributed by atoms with Gasteiger partial charge in [0.25, 0.3) is 5.56 Å². The molecule has 1 aromatic carbocycles. The molecule has 0 amide bonds. The van der Waals surface area contributed by atoms with Crippen LogP contribution in [0.3, 0.4) is 0 Å². The first-order valence-electron chi connectivity index (χ1n) is 6.13. The van der Waals surface area contributed by atoms with Crippen LogP contribution in [0.15, 0.2) is 27.8 Å². The summed E-state index contributed by atoms with van der Waals surface area (Å²) in [5.41, 5.74) is 1.06. The lowest BCUT2D eigenvalue weighted by atomic mass is 10.1. The van der Waals surface area contributed by atoms with Gasteiger partial charge in [-0.15, -0.1) is 0 Å². The largest absolute Gasteiger partial charge is 0.329 e. The molecule has 0 spiro atoms. The molecule has 1 unspecified atom stereocenters. The van der Waals surface area contributed by atoms with E-state index in [9.17, 15) is 9.59 Å². The van der Waals surface area contributed by atoms with Crippen LogP contribution in [0, 0.1) is 6.92 Å². The van der Waals surface area contributed by atoms with E-state index >= 15 is 0 Å². The van der Waals surface area contributed by atoms with Gasteiger partial charge in [0.05, 0.1) is 16.9 Å². The van der Waals surface area contributed by atoms with Crippen molar-refractivity contribution >= 4 is 10.9 Å². The molecule has 2 aromatic rings. The second-order valence-electron chi connectivity index (χ2n) is 4.75. The molecule has 0 radical (unpaired) electrons. The summed E-state index contributed by atoms with van der Waals surface area (Å²) >= 11 is 0. The molecule has 1 atom stereocenters. The highest BCUT2D eigenvalue weighted by Crippen LogP contribution is 2.14. The Morgan fingerprint density at radius 3 is 2.89 bits per heavy atom. The Hall–Kier alpha value is -1.88. The van der Waals surface area contributed by atoms with Gasteiger partial charge in [0.15, 0.2) is 0 Å². The van der Waals surface area contributed by atoms with Crippen molar-refractivity contribution in [3.8, 4) is 0 Å². The van der Waals surface area contributed by atoms with Crippen LogP contribution in [0.1, 0.15) is 18.0 Å². The number of aromatic nitrogens is 2. The van der Waals surface area contributed by atoms with Crippen molar-refractivity contribution in [2.75, 3.05) is 13.1 Å². The zero-order valence-corrected chi connectivity index (χ0v) is 10.2. The van der Waals surface area contributed by atoms with Crippen molar-refractivity contribution in [1.29, 1.82) is 0 Å². The standard InChI is InChI=1S/C13H15N3O2/c1-8-3-2-4-10-11(8)15-13(18)16(12(10)17)9-5-6-14-7-9/h2-4,9,14H,5-7H2,1H3,(H,15,18). The maximum atomic E-state index is 12.4. The van der Waals surface area contributed by atoms with E-state index in [1.807, 2.05) is 19.1 Å². The van der Waals surface area contributed by atoms with Gasteiger partial charge in [0.2, 0.25) is 0 Å². The van der Waals surface area contributed by atoms with E-state index < -0.39 is 0 Å². The Bertz CT molecular complexity index is 708. The monoisotopic (exact) mass is 245 g/mol. The number of aromatic amines is 1. The highest BCUT2D eigenvalue weighted by atomic mass is 16.2. The number of nitrogens with one attached hydrogen (secondary N) is 2. The van der Waals surface area contributed by atoms with Crippen molar-refractivity contribution in [3.63, 3.8) is 0 Å². The molecule has 18 heavy (non-hydrogen) atoms. The molecular formula is C13H15N3O2. The fourth-order valence-corrected chi connectivity index (χ4v) is 2.59. The number of nitrogens with zero attached hydrogens (tertiary/aromatic N) is 1. The summed E-state index contributed by atoms with van der Waals surface area (Å²) < 4.78 is 1.35. The van der Waals surface area contributed by atoms with Crippen LogP contribution in [0.25, 0.3) is 10.9 Å². The highest BCUT2D eigenvalue weighted by Gasteiger charge is 2.21. The summed E-state index contributed by atoms with van der Waals surface area (Å²) in [7, 11) is 0. The number of aryl methyl sites for hydroxylation is 1. The van der Waals surface area contributed by atoms with Gasteiger partial charge < -0.3 is 10.3 Å². The van der Waals surface area contributed by atoms with Crippen LogP contribution in [0.4, 0.5) is 0 Å². The Kier molecular flexibility index (Phi) is 2.56. The number of fused-ring (bicyclic) bond motifs is 1. The summed E-state index contributed by atoms with van der Waals surface area (Å²) in [4.78, 5) is 27.3. The highest BCUT2D eigenvalue weighted by molar-refractivity contribution is 5.80. The zero-order valence-electron chi connectivity index (χ0n) is 10.2. The Morgan fingerprint density at radius 2 is 2.17 bits per heavy atom. The van der Waals surface area contributed by atoms with Crippen molar-refractivity contribution in [1.82, 2.24) is 14.9 Å². The van der Waals surface area contributed by atoms with Gasteiger partial charge in [-0.05, 0) is 31.5 Å². The molecule has 1 fully saturated rings. The molecule has 1 aliphatic rings. The lowest BCUT2D eigenvalue weighted by Crippen LogP contribution is -2.38. The van der Waals surface area contributed by atoms with Crippen LogP contribution in [0.5, 0.6) is 0 Å². The molecule has 3 rings (SSSR count). The van der Waals surface area contributed by atoms with Gasteiger partial charge in [0.1, 0.15) is 0 Å². The van der Waals surface area contributed by atoms with E-state index in [-0.39, 0.29) is 17.3 Å². The van der Waals surface area contributed by atoms with Crippen LogP contribution < -0.4 is 16.6 Å². The molecule has 2 N–H and O–H groups in total. The molecule has 5 nitrogen and oxygen atoms in total. The number of benzene rings is 1. The smallest absolute Gasteiger partial charge is 0.315 e. The minimum Gasteiger partial charge on any atom is -0.315 e. The number of para-hydroxylation sites is 1. The summed E-state index contributed by atoms with van der Waals surface area (Å²) in [6.45, 7) is 3.42. The van der Waals surface area contributed by atoms with Gasteiger partial charge in [-0.3, -0.25) is 9.36 Å². The third-order valence-corrected chi connectivity index (χ3v) is 3.57. The van der Waals surface area contributed by atoms with Crippen molar-refractivity contribution in [2.24, 2.45) is 0 Å². The maximum Gasteiger partial charge on any atom is 0.329 e. The van der Waals surface area contributed by atoms with E-state index in [0.29, 0.717) is 17.4 Å². The van der Waals surface area contributed by atoms with Crippen LogP contribution in [-0.2, 0) is 0 Å². The van der Waals surface area contributed by atoms with E-state index in [4.69, 9.17) is 0 Å². The van der Waals surface area contributed by atoms with Gasteiger partial charge in [-0.25, -0.2) is 4.79 Å². The SMILES string of the molecule is Cc1cccc2c(=O)n(C3CCNC3)c(=O)[nH]c12. The first kappa shape index (κ1) is 11.2. The molecule has 0 aliphatic carbocycles. The molecule has 0 saturated carbocycles. The van der Waals surface area contributed by atoms with E-state index in [1.165, 1.54) is 4.57 Å². The first-order chi connectivity index (χ1) is 8.68. The second-order valence-corrected chi connectivity index (χ2v) is 4.75. The van der Waals surface area contributed by atoms with Gasteiger partial charge in [0, 0.05) is 6.54 Å². The summed E-state index contributed by atoms with van der Waals surface area (Å²) in [6, 6.07) is 5.46. The van der Waals surface area contributed by atoms with Crippen LogP contribution in [0.2, 0.25) is 0 Å². The van der Waals surface area contributed by atoms with E-state index in [1.54, 1.807) is 6.07 Å². The molecule has 2 heterocycles. The molecule has 0 bridgehead atoms. The molecule has 1 saturated heterocycles. The number of rotatable bonds is 1. The fourth-order valence-electron chi connectivity index (χ4n) is 2.59. The van der Waals surface area contributed by atoms with Gasteiger partial charge >= 0.3 is 5.69 Å². The predicted molar refractivity (Wildman–Crippen MR) is 70.1 cm³/mol. The summed E-state index contributed by atoms with van der Waals surface area (Å²) in [5, 5.41) is 3.76. The Balaban J connectivity index is 2.34. The van der Waals surface area contributed by atoms with Crippen LogP contribution >= 0.6 is 0 Å². The van der Waals surface area contributed by atoms with Crippen molar-refractivity contribution < 1.29 is 0 Å². The minimum absolute atomic E-state index is 0.0360.